The quantitative estimate of drug-likeness (QED) is 0.571. The van der Waals surface area contributed by atoms with Gasteiger partial charge in [-0.1, -0.05) is 11.6 Å². The molecule has 64 valence electrons. The predicted octanol–water partition coefficient (Wildman–Crippen LogP) is 3.63. The van der Waals surface area contributed by atoms with E-state index in [9.17, 15) is 4.79 Å². The van der Waals surface area contributed by atoms with E-state index in [0.29, 0.717) is 10.6 Å². The number of halogens is 3. The van der Waals surface area contributed by atoms with Crippen LogP contribution >= 0.6 is 45.8 Å². The third-order valence-electron chi connectivity index (χ3n) is 1.46. The number of carbonyl (C=O) groups is 1. The van der Waals surface area contributed by atoms with Crippen LogP contribution in [-0.4, -0.2) is 5.24 Å². The topological polar surface area (TPSA) is 17.1 Å². The highest BCUT2D eigenvalue weighted by molar-refractivity contribution is 14.1. The Morgan fingerprint density at radius 1 is 1.50 bits per heavy atom. The van der Waals surface area contributed by atoms with E-state index in [1.165, 1.54) is 0 Å². The Balaban J connectivity index is 3.33. The smallest absolute Gasteiger partial charge is 0.253 e. The van der Waals surface area contributed by atoms with Gasteiger partial charge in [-0.05, 0) is 58.8 Å². The zero-order chi connectivity index (χ0) is 9.30. The van der Waals surface area contributed by atoms with Crippen molar-refractivity contribution in [2.24, 2.45) is 0 Å². The number of hydrogen-bond acceptors (Lipinski definition) is 1. The molecule has 0 aliphatic carbocycles. The van der Waals surface area contributed by atoms with Gasteiger partial charge in [-0.2, -0.15) is 0 Å². The Bertz CT molecular complexity index is 336. The number of rotatable bonds is 1. The highest BCUT2D eigenvalue weighted by atomic mass is 127. The van der Waals surface area contributed by atoms with Crippen LogP contribution in [-0.2, 0) is 0 Å². The molecule has 0 aromatic heterocycles. The minimum absolute atomic E-state index is 0.466. The second-order valence-corrected chi connectivity index (χ2v) is 4.27. The summed E-state index contributed by atoms with van der Waals surface area (Å²) < 4.78 is 0.828. The number of benzene rings is 1. The van der Waals surface area contributed by atoms with Crippen molar-refractivity contribution in [3.05, 3.63) is 31.9 Å². The lowest BCUT2D eigenvalue weighted by atomic mass is 10.2. The standard InChI is InChI=1S/C8H5Cl2IO/c1-4-2-7(11)5(8(10)12)3-6(4)9/h2-3H,1H3. The third-order valence-corrected chi connectivity index (χ3v) is 2.96. The van der Waals surface area contributed by atoms with Crippen molar-refractivity contribution in [1.82, 2.24) is 0 Å². The lowest BCUT2D eigenvalue weighted by Gasteiger charge is -2.02. The normalized spacial score (nSPS) is 10.0. The molecule has 0 aliphatic rings. The number of aryl methyl sites for hydroxylation is 1. The van der Waals surface area contributed by atoms with Gasteiger partial charge in [0.15, 0.2) is 0 Å². The molecule has 12 heavy (non-hydrogen) atoms. The monoisotopic (exact) mass is 314 g/mol. The van der Waals surface area contributed by atoms with E-state index in [-0.39, 0.29) is 0 Å². The van der Waals surface area contributed by atoms with Crippen LogP contribution in [0, 0.1) is 10.5 Å². The maximum absolute atomic E-state index is 10.8. The van der Waals surface area contributed by atoms with Crippen molar-refractivity contribution in [3.8, 4) is 0 Å². The average molecular weight is 315 g/mol. The van der Waals surface area contributed by atoms with Crippen molar-refractivity contribution in [2.75, 3.05) is 0 Å². The zero-order valence-corrected chi connectivity index (χ0v) is 9.87. The van der Waals surface area contributed by atoms with E-state index in [1.54, 1.807) is 6.07 Å². The maximum Gasteiger partial charge on any atom is 0.253 e. The predicted molar refractivity (Wildman–Crippen MR) is 59.1 cm³/mol. The molecular formula is C8H5Cl2IO. The summed E-state index contributed by atoms with van der Waals surface area (Å²) in [6, 6.07) is 3.42. The lowest BCUT2D eigenvalue weighted by molar-refractivity contribution is 0.108. The van der Waals surface area contributed by atoms with E-state index in [0.717, 1.165) is 9.13 Å². The first kappa shape index (κ1) is 10.3. The van der Waals surface area contributed by atoms with Gasteiger partial charge in [0.1, 0.15) is 0 Å². The van der Waals surface area contributed by atoms with Gasteiger partial charge < -0.3 is 0 Å². The van der Waals surface area contributed by atoms with Gasteiger partial charge in [-0.15, -0.1) is 0 Å². The zero-order valence-electron chi connectivity index (χ0n) is 6.20. The average Bonchev–Trinajstić information content (AvgIpc) is 1.96. The Kier molecular flexibility index (Phi) is 3.37. The molecule has 0 unspecified atom stereocenters. The molecule has 0 radical (unpaired) electrons. The largest absolute Gasteiger partial charge is 0.276 e. The van der Waals surface area contributed by atoms with Crippen LogP contribution in [0.1, 0.15) is 15.9 Å². The summed E-state index contributed by atoms with van der Waals surface area (Å²) in [4.78, 5) is 10.8. The molecule has 1 nitrogen and oxygen atoms in total. The molecule has 1 rings (SSSR count). The van der Waals surface area contributed by atoms with Crippen LogP contribution in [0.2, 0.25) is 5.02 Å². The fourth-order valence-corrected chi connectivity index (χ4v) is 2.14. The van der Waals surface area contributed by atoms with E-state index >= 15 is 0 Å². The Hall–Kier alpha value is 0.200. The molecule has 0 saturated heterocycles. The van der Waals surface area contributed by atoms with E-state index < -0.39 is 5.24 Å². The van der Waals surface area contributed by atoms with Crippen molar-refractivity contribution in [1.29, 1.82) is 0 Å². The molecule has 1 aromatic carbocycles. The first-order chi connectivity index (χ1) is 5.52. The molecule has 0 bridgehead atoms. The second kappa shape index (κ2) is 3.94. The minimum atomic E-state index is -0.471. The number of hydrogen-bond donors (Lipinski definition) is 0. The van der Waals surface area contributed by atoms with Gasteiger partial charge in [0.05, 0.1) is 0 Å². The first-order valence-electron chi connectivity index (χ1n) is 3.18. The van der Waals surface area contributed by atoms with Crippen LogP contribution in [0.25, 0.3) is 0 Å². The van der Waals surface area contributed by atoms with Crippen molar-refractivity contribution in [3.63, 3.8) is 0 Å². The summed E-state index contributed by atoms with van der Waals surface area (Å²) in [7, 11) is 0. The second-order valence-electron chi connectivity index (χ2n) is 2.35. The van der Waals surface area contributed by atoms with Crippen LogP contribution in [0.3, 0.4) is 0 Å². The number of carbonyl (C=O) groups excluding carboxylic acids is 1. The molecule has 1 aromatic rings. The molecule has 0 heterocycles. The highest BCUT2D eigenvalue weighted by Gasteiger charge is 2.09. The van der Waals surface area contributed by atoms with Crippen LogP contribution in [0.4, 0.5) is 0 Å². The van der Waals surface area contributed by atoms with Crippen molar-refractivity contribution < 1.29 is 4.79 Å². The van der Waals surface area contributed by atoms with Gasteiger partial charge in [0.25, 0.3) is 5.24 Å². The Morgan fingerprint density at radius 3 is 2.58 bits per heavy atom. The van der Waals surface area contributed by atoms with E-state index in [4.69, 9.17) is 23.2 Å². The fourth-order valence-electron chi connectivity index (χ4n) is 0.797. The molecule has 4 heteroatoms. The third kappa shape index (κ3) is 2.12. The van der Waals surface area contributed by atoms with Gasteiger partial charge in [-0.25, -0.2) is 0 Å². The summed E-state index contributed by atoms with van der Waals surface area (Å²) >= 11 is 13.2. The van der Waals surface area contributed by atoms with E-state index in [1.807, 2.05) is 13.0 Å². The van der Waals surface area contributed by atoms with Crippen molar-refractivity contribution >= 4 is 51.0 Å². The van der Waals surface area contributed by atoms with E-state index in [2.05, 4.69) is 22.6 Å². The summed E-state index contributed by atoms with van der Waals surface area (Å²) in [5.74, 6) is 0. The molecule has 0 aliphatic heterocycles. The molecule has 0 fully saturated rings. The fraction of sp³-hybridized carbons (Fsp3) is 0.125. The van der Waals surface area contributed by atoms with Crippen LogP contribution < -0.4 is 0 Å². The summed E-state index contributed by atoms with van der Waals surface area (Å²) in [6.45, 7) is 1.88. The maximum atomic E-state index is 10.8. The van der Waals surface area contributed by atoms with Gasteiger partial charge in [0, 0.05) is 14.2 Å². The molecular weight excluding hydrogens is 310 g/mol. The SMILES string of the molecule is Cc1cc(I)c(C(=O)Cl)cc1Cl. The van der Waals surface area contributed by atoms with Crippen LogP contribution in [0.15, 0.2) is 12.1 Å². The highest BCUT2D eigenvalue weighted by Crippen LogP contribution is 2.23. The summed E-state index contributed by atoms with van der Waals surface area (Å²) in [6.07, 6.45) is 0. The van der Waals surface area contributed by atoms with Gasteiger partial charge >= 0.3 is 0 Å². The Labute approximate surface area is 94.2 Å². The molecule has 0 spiro atoms. The summed E-state index contributed by atoms with van der Waals surface area (Å²) in [5.41, 5.74) is 1.41. The van der Waals surface area contributed by atoms with Gasteiger partial charge in [-0.3, -0.25) is 4.79 Å². The first-order valence-corrected chi connectivity index (χ1v) is 5.01. The molecule has 0 saturated carbocycles. The Morgan fingerprint density at radius 2 is 2.08 bits per heavy atom. The minimum Gasteiger partial charge on any atom is -0.276 e. The van der Waals surface area contributed by atoms with Gasteiger partial charge in [0.2, 0.25) is 0 Å². The molecule has 0 amide bonds. The lowest BCUT2D eigenvalue weighted by Crippen LogP contribution is -1.94. The van der Waals surface area contributed by atoms with Crippen molar-refractivity contribution in [2.45, 2.75) is 6.92 Å². The summed E-state index contributed by atoms with van der Waals surface area (Å²) in [5, 5.41) is 0.0979. The molecule has 0 atom stereocenters. The van der Waals surface area contributed by atoms with Crippen LogP contribution in [0.5, 0.6) is 0 Å². The molecule has 0 N–H and O–H groups in total.